The van der Waals surface area contributed by atoms with Crippen LogP contribution in [-0.4, -0.2) is 26.1 Å². The average Bonchev–Trinajstić information content (AvgIpc) is 3.19. The number of rotatable bonds is 8. The van der Waals surface area contributed by atoms with Gasteiger partial charge in [-0.05, 0) is 75.4 Å². The summed E-state index contributed by atoms with van der Waals surface area (Å²) in [6, 6.07) is 14.5. The maximum Gasteiger partial charge on any atom is 0.220 e. The van der Waals surface area contributed by atoms with Crippen LogP contribution in [0.4, 0.5) is 0 Å². The standard InChI is InChI=1S/C24H32N2O2.ClH/c1-17-11-18(2)13-20(12-17)14-23(21-5-4-6-22(15-21)28-3)26-24(27)8-7-19-9-10-25-16-19;/h4-6,11-13,15,19,23,25H,7-10,14,16H2,1-3H3,(H,26,27);1H. The first kappa shape index (κ1) is 23.2. The number of halogens is 1. The lowest BCUT2D eigenvalue weighted by molar-refractivity contribution is -0.122. The number of nitrogens with one attached hydrogen (secondary N) is 2. The zero-order valence-corrected chi connectivity index (χ0v) is 18.5. The highest BCUT2D eigenvalue weighted by Gasteiger charge is 2.19. The molecule has 1 aliphatic rings. The van der Waals surface area contributed by atoms with Crippen LogP contribution in [0.5, 0.6) is 5.75 Å². The third-order valence-electron chi connectivity index (χ3n) is 5.49. The Kier molecular flexibility index (Phi) is 8.99. The minimum atomic E-state index is -0.0643. The van der Waals surface area contributed by atoms with Gasteiger partial charge >= 0.3 is 0 Å². The molecule has 2 aromatic rings. The number of amides is 1. The normalized spacial score (nSPS) is 16.7. The van der Waals surface area contributed by atoms with Crippen LogP contribution in [0.15, 0.2) is 42.5 Å². The molecule has 5 heteroatoms. The van der Waals surface area contributed by atoms with Crippen molar-refractivity contribution in [3.8, 4) is 5.75 Å². The fraction of sp³-hybridized carbons (Fsp3) is 0.458. The van der Waals surface area contributed by atoms with Crippen LogP contribution >= 0.6 is 12.4 Å². The van der Waals surface area contributed by atoms with E-state index in [0.717, 1.165) is 37.2 Å². The van der Waals surface area contributed by atoms with E-state index in [9.17, 15) is 4.79 Å². The average molecular weight is 417 g/mol. The molecule has 2 atom stereocenters. The predicted octanol–water partition coefficient (Wildman–Crippen LogP) is 4.52. The van der Waals surface area contributed by atoms with Crippen molar-refractivity contribution in [2.45, 2.75) is 45.6 Å². The Morgan fingerprint density at radius 2 is 1.97 bits per heavy atom. The van der Waals surface area contributed by atoms with E-state index in [1.807, 2.05) is 18.2 Å². The van der Waals surface area contributed by atoms with Crippen molar-refractivity contribution >= 4 is 18.3 Å². The first-order valence-electron chi connectivity index (χ1n) is 10.2. The maximum absolute atomic E-state index is 12.7. The molecule has 0 aromatic heterocycles. The molecule has 0 saturated carbocycles. The fourth-order valence-electron chi connectivity index (χ4n) is 4.10. The molecule has 0 radical (unpaired) electrons. The molecule has 29 heavy (non-hydrogen) atoms. The first-order valence-corrected chi connectivity index (χ1v) is 10.2. The van der Waals surface area contributed by atoms with E-state index < -0.39 is 0 Å². The zero-order chi connectivity index (χ0) is 19.9. The molecule has 4 nitrogen and oxygen atoms in total. The van der Waals surface area contributed by atoms with Crippen molar-refractivity contribution in [2.75, 3.05) is 20.2 Å². The quantitative estimate of drug-likeness (QED) is 0.665. The van der Waals surface area contributed by atoms with E-state index >= 15 is 0 Å². The van der Waals surface area contributed by atoms with Crippen molar-refractivity contribution in [1.29, 1.82) is 0 Å². The van der Waals surface area contributed by atoms with Crippen LogP contribution in [0.1, 0.15) is 47.6 Å². The number of carbonyl (C=O) groups is 1. The summed E-state index contributed by atoms with van der Waals surface area (Å²) in [5.41, 5.74) is 4.82. The molecule has 158 valence electrons. The molecule has 0 spiro atoms. The Morgan fingerprint density at radius 1 is 1.21 bits per heavy atom. The van der Waals surface area contributed by atoms with Gasteiger partial charge in [0.15, 0.2) is 0 Å². The Morgan fingerprint density at radius 3 is 2.62 bits per heavy atom. The second-order valence-corrected chi connectivity index (χ2v) is 7.99. The summed E-state index contributed by atoms with van der Waals surface area (Å²) in [6.45, 7) is 6.34. The molecule has 1 amide bonds. The van der Waals surface area contributed by atoms with Crippen molar-refractivity contribution in [3.05, 3.63) is 64.7 Å². The predicted molar refractivity (Wildman–Crippen MR) is 121 cm³/mol. The van der Waals surface area contributed by atoms with Crippen molar-refractivity contribution in [1.82, 2.24) is 10.6 Å². The van der Waals surface area contributed by atoms with Gasteiger partial charge in [-0.25, -0.2) is 0 Å². The summed E-state index contributed by atoms with van der Waals surface area (Å²) in [5.74, 6) is 1.57. The molecule has 0 aliphatic carbocycles. The van der Waals surface area contributed by atoms with Gasteiger partial charge in [0.05, 0.1) is 13.2 Å². The Bertz CT molecular complexity index is 783. The van der Waals surface area contributed by atoms with Gasteiger partial charge in [-0.2, -0.15) is 0 Å². The molecule has 3 rings (SSSR count). The summed E-state index contributed by atoms with van der Waals surface area (Å²) in [5, 5.41) is 6.65. The minimum absolute atomic E-state index is 0. The van der Waals surface area contributed by atoms with Crippen molar-refractivity contribution in [3.63, 3.8) is 0 Å². The van der Waals surface area contributed by atoms with Gasteiger partial charge in [-0.1, -0.05) is 41.5 Å². The van der Waals surface area contributed by atoms with E-state index in [1.165, 1.54) is 23.1 Å². The summed E-state index contributed by atoms with van der Waals surface area (Å²) in [6.07, 6.45) is 3.48. The number of hydrogen-bond donors (Lipinski definition) is 2. The van der Waals surface area contributed by atoms with Crippen LogP contribution in [0.2, 0.25) is 0 Å². The summed E-state index contributed by atoms with van der Waals surface area (Å²) in [4.78, 5) is 12.7. The summed E-state index contributed by atoms with van der Waals surface area (Å²) < 4.78 is 5.39. The second-order valence-electron chi connectivity index (χ2n) is 7.99. The zero-order valence-electron chi connectivity index (χ0n) is 17.7. The molecule has 2 aromatic carbocycles. The minimum Gasteiger partial charge on any atom is -0.497 e. The first-order chi connectivity index (χ1) is 13.5. The van der Waals surface area contributed by atoms with E-state index in [-0.39, 0.29) is 24.4 Å². The van der Waals surface area contributed by atoms with Gasteiger partial charge in [0.1, 0.15) is 5.75 Å². The van der Waals surface area contributed by atoms with Gasteiger partial charge in [0, 0.05) is 6.42 Å². The Balaban J connectivity index is 0.00000300. The van der Waals surface area contributed by atoms with Crippen LogP contribution in [0, 0.1) is 19.8 Å². The number of carbonyl (C=O) groups excluding carboxylic acids is 1. The van der Waals surface area contributed by atoms with E-state index in [4.69, 9.17) is 4.74 Å². The van der Waals surface area contributed by atoms with Crippen LogP contribution in [0.3, 0.4) is 0 Å². The third-order valence-corrected chi connectivity index (χ3v) is 5.49. The molecule has 2 unspecified atom stereocenters. The smallest absolute Gasteiger partial charge is 0.220 e. The highest BCUT2D eigenvalue weighted by atomic mass is 35.5. The molecule has 1 fully saturated rings. The van der Waals surface area contributed by atoms with Gasteiger partial charge in [-0.15, -0.1) is 12.4 Å². The van der Waals surface area contributed by atoms with Crippen LogP contribution < -0.4 is 15.4 Å². The Hall–Kier alpha value is -2.04. The second kappa shape index (κ2) is 11.2. The van der Waals surface area contributed by atoms with E-state index in [0.29, 0.717) is 12.3 Å². The number of hydrogen-bond acceptors (Lipinski definition) is 3. The van der Waals surface area contributed by atoms with E-state index in [2.05, 4.69) is 48.7 Å². The lowest BCUT2D eigenvalue weighted by Crippen LogP contribution is -2.30. The van der Waals surface area contributed by atoms with Crippen LogP contribution in [0.25, 0.3) is 0 Å². The topological polar surface area (TPSA) is 50.4 Å². The molecule has 1 aliphatic heterocycles. The van der Waals surface area contributed by atoms with Gasteiger partial charge in [0.25, 0.3) is 0 Å². The van der Waals surface area contributed by atoms with Crippen molar-refractivity contribution < 1.29 is 9.53 Å². The molecule has 1 saturated heterocycles. The molecular weight excluding hydrogens is 384 g/mol. The molecule has 0 bridgehead atoms. The molecule has 1 heterocycles. The summed E-state index contributed by atoms with van der Waals surface area (Å²) in [7, 11) is 1.67. The van der Waals surface area contributed by atoms with Crippen LogP contribution in [-0.2, 0) is 11.2 Å². The summed E-state index contributed by atoms with van der Waals surface area (Å²) >= 11 is 0. The largest absolute Gasteiger partial charge is 0.497 e. The Labute approximate surface area is 180 Å². The number of benzene rings is 2. The monoisotopic (exact) mass is 416 g/mol. The third kappa shape index (κ3) is 7.06. The lowest BCUT2D eigenvalue weighted by atomic mass is 9.95. The number of ether oxygens (including phenoxy) is 1. The molecular formula is C24H33ClN2O2. The SMILES string of the molecule is COc1cccc(C(Cc2cc(C)cc(C)c2)NC(=O)CCC2CCNC2)c1.Cl. The van der Waals surface area contributed by atoms with Gasteiger partial charge in [0.2, 0.25) is 5.91 Å². The van der Waals surface area contributed by atoms with Gasteiger partial charge < -0.3 is 15.4 Å². The number of aryl methyl sites for hydroxylation is 2. The van der Waals surface area contributed by atoms with Gasteiger partial charge in [-0.3, -0.25) is 4.79 Å². The maximum atomic E-state index is 12.7. The van der Waals surface area contributed by atoms with E-state index in [1.54, 1.807) is 7.11 Å². The highest BCUT2D eigenvalue weighted by molar-refractivity contribution is 5.85. The number of methoxy groups -OCH3 is 1. The fourth-order valence-corrected chi connectivity index (χ4v) is 4.10. The highest BCUT2D eigenvalue weighted by Crippen LogP contribution is 2.24. The van der Waals surface area contributed by atoms with Crippen molar-refractivity contribution in [2.24, 2.45) is 5.92 Å². The lowest BCUT2D eigenvalue weighted by Gasteiger charge is -2.21. The molecule has 2 N–H and O–H groups in total.